The van der Waals surface area contributed by atoms with E-state index in [0.29, 0.717) is 6.61 Å². The van der Waals surface area contributed by atoms with Gasteiger partial charge < -0.3 is 14.7 Å². The molecule has 2 aromatic rings. The topological polar surface area (TPSA) is 75.8 Å². The van der Waals surface area contributed by atoms with E-state index in [1.807, 2.05) is 30.3 Å². The number of hydrogen-bond acceptors (Lipinski definition) is 5. The van der Waals surface area contributed by atoms with Gasteiger partial charge in [0.25, 0.3) is 5.69 Å². The van der Waals surface area contributed by atoms with E-state index in [1.54, 1.807) is 7.05 Å². The van der Waals surface area contributed by atoms with Crippen LogP contribution < -0.4 is 4.90 Å². The fourth-order valence-corrected chi connectivity index (χ4v) is 2.32. The Kier molecular flexibility index (Phi) is 6.22. The summed E-state index contributed by atoms with van der Waals surface area (Å²) < 4.78 is 18.6. The van der Waals surface area contributed by atoms with Gasteiger partial charge in [0, 0.05) is 13.6 Å². The summed E-state index contributed by atoms with van der Waals surface area (Å²) in [6.07, 6.45) is -0.830. The Hall–Kier alpha value is -2.51. The average molecular weight is 334 g/mol. The van der Waals surface area contributed by atoms with Gasteiger partial charge in [0.15, 0.2) is 0 Å². The minimum atomic E-state index is -0.830. The highest BCUT2D eigenvalue weighted by molar-refractivity contribution is 5.62. The number of likely N-dealkylation sites (N-methyl/N-ethyl adjacent to an activating group) is 1. The lowest BCUT2D eigenvalue weighted by Crippen LogP contribution is -2.32. The van der Waals surface area contributed by atoms with Gasteiger partial charge in [-0.15, -0.1) is 0 Å². The first kappa shape index (κ1) is 17.8. The van der Waals surface area contributed by atoms with Gasteiger partial charge in [-0.2, -0.15) is 0 Å². The zero-order valence-electron chi connectivity index (χ0n) is 13.3. The number of benzene rings is 2. The molecule has 128 valence electrons. The first-order chi connectivity index (χ1) is 11.5. The van der Waals surface area contributed by atoms with Crippen molar-refractivity contribution in [2.75, 3.05) is 25.1 Å². The van der Waals surface area contributed by atoms with Crippen LogP contribution >= 0.6 is 0 Å². The van der Waals surface area contributed by atoms with Crippen LogP contribution in [-0.2, 0) is 11.3 Å². The quantitative estimate of drug-likeness (QED) is 0.593. The molecule has 7 heteroatoms. The maximum atomic E-state index is 13.2. The molecular weight excluding hydrogens is 315 g/mol. The fraction of sp³-hybridized carbons (Fsp3) is 0.294. The van der Waals surface area contributed by atoms with E-state index in [2.05, 4.69) is 0 Å². The molecule has 2 aromatic carbocycles. The minimum absolute atomic E-state index is 0.0915. The standard InChI is InChI=1S/C17H19FN2O4/c1-19(16-8-7-14(18)9-17(16)20(22)23)10-15(21)12-24-11-13-5-3-2-4-6-13/h2-9,15,21H,10-12H2,1H3. The normalized spacial score (nSPS) is 12.0. The lowest BCUT2D eigenvalue weighted by Gasteiger charge is -2.22. The highest BCUT2D eigenvalue weighted by atomic mass is 19.1. The molecular formula is C17H19FN2O4. The third-order valence-electron chi connectivity index (χ3n) is 3.45. The molecule has 0 bridgehead atoms. The van der Waals surface area contributed by atoms with E-state index in [0.717, 1.165) is 17.7 Å². The van der Waals surface area contributed by atoms with Gasteiger partial charge in [-0.1, -0.05) is 30.3 Å². The smallest absolute Gasteiger partial charge is 0.295 e. The predicted molar refractivity (Wildman–Crippen MR) is 88.4 cm³/mol. The monoisotopic (exact) mass is 334 g/mol. The third-order valence-corrected chi connectivity index (χ3v) is 3.45. The number of aliphatic hydroxyl groups excluding tert-OH is 1. The number of rotatable bonds is 8. The number of nitrogens with zero attached hydrogens (tertiary/aromatic N) is 2. The van der Waals surface area contributed by atoms with Crippen LogP contribution in [0.15, 0.2) is 48.5 Å². The van der Waals surface area contributed by atoms with Crippen LogP contribution in [0.5, 0.6) is 0 Å². The number of aliphatic hydroxyl groups is 1. The van der Waals surface area contributed by atoms with Gasteiger partial charge in [-0.3, -0.25) is 10.1 Å². The van der Waals surface area contributed by atoms with Crippen molar-refractivity contribution in [1.29, 1.82) is 0 Å². The van der Waals surface area contributed by atoms with Crippen LogP contribution in [0.3, 0.4) is 0 Å². The van der Waals surface area contributed by atoms with Gasteiger partial charge >= 0.3 is 0 Å². The van der Waals surface area contributed by atoms with Gasteiger partial charge in [0.2, 0.25) is 0 Å². The van der Waals surface area contributed by atoms with Crippen LogP contribution in [0.1, 0.15) is 5.56 Å². The first-order valence-electron chi connectivity index (χ1n) is 7.42. The summed E-state index contributed by atoms with van der Waals surface area (Å²) >= 11 is 0. The molecule has 6 nitrogen and oxygen atoms in total. The number of nitro benzene ring substituents is 1. The molecule has 0 heterocycles. The summed E-state index contributed by atoms with van der Waals surface area (Å²) in [5, 5.41) is 21.1. The maximum Gasteiger partial charge on any atom is 0.295 e. The van der Waals surface area contributed by atoms with Gasteiger partial charge in [0.1, 0.15) is 11.5 Å². The molecule has 0 saturated heterocycles. The molecule has 0 spiro atoms. The number of ether oxygens (including phenoxy) is 1. The SMILES string of the molecule is CN(CC(O)COCc1ccccc1)c1ccc(F)cc1[N+](=O)[O-]. The van der Waals surface area contributed by atoms with Crippen LogP contribution in [-0.4, -0.2) is 36.3 Å². The van der Waals surface area contributed by atoms with Crippen molar-refractivity contribution in [1.82, 2.24) is 0 Å². The van der Waals surface area contributed by atoms with Crippen molar-refractivity contribution < 1.29 is 19.2 Å². The molecule has 1 N–H and O–H groups in total. The summed E-state index contributed by atoms with van der Waals surface area (Å²) in [4.78, 5) is 11.9. The second-order valence-electron chi connectivity index (χ2n) is 5.43. The molecule has 0 amide bonds. The van der Waals surface area contributed by atoms with E-state index < -0.39 is 16.8 Å². The Morgan fingerprint density at radius 2 is 2.00 bits per heavy atom. The van der Waals surface area contributed by atoms with Crippen LogP contribution in [0.25, 0.3) is 0 Å². The molecule has 0 fully saturated rings. The van der Waals surface area contributed by atoms with Gasteiger partial charge in [-0.05, 0) is 17.7 Å². The largest absolute Gasteiger partial charge is 0.389 e. The maximum absolute atomic E-state index is 13.2. The zero-order valence-corrected chi connectivity index (χ0v) is 13.3. The molecule has 0 aliphatic rings. The number of nitro groups is 1. The zero-order chi connectivity index (χ0) is 17.5. The summed E-state index contributed by atoms with van der Waals surface area (Å²) in [6, 6.07) is 12.9. The van der Waals surface area contributed by atoms with Crippen molar-refractivity contribution in [2.24, 2.45) is 0 Å². The third kappa shape index (κ3) is 5.00. The Morgan fingerprint density at radius 1 is 1.29 bits per heavy atom. The second-order valence-corrected chi connectivity index (χ2v) is 5.43. The van der Waals surface area contributed by atoms with Crippen molar-refractivity contribution >= 4 is 11.4 Å². The first-order valence-corrected chi connectivity index (χ1v) is 7.42. The summed E-state index contributed by atoms with van der Waals surface area (Å²) in [5.74, 6) is -0.675. The lowest BCUT2D eigenvalue weighted by molar-refractivity contribution is -0.384. The second kappa shape index (κ2) is 8.37. The van der Waals surface area contributed by atoms with Crippen molar-refractivity contribution in [3.05, 3.63) is 70.0 Å². The molecule has 0 aliphatic heterocycles. The van der Waals surface area contributed by atoms with Crippen LogP contribution in [0.4, 0.5) is 15.8 Å². The Bertz CT molecular complexity index is 682. The van der Waals surface area contributed by atoms with Crippen molar-refractivity contribution in [3.8, 4) is 0 Å². The molecule has 0 radical (unpaired) electrons. The Morgan fingerprint density at radius 3 is 2.67 bits per heavy atom. The lowest BCUT2D eigenvalue weighted by atomic mass is 10.2. The van der Waals surface area contributed by atoms with E-state index in [-0.39, 0.29) is 24.5 Å². The van der Waals surface area contributed by atoms with E-state index in [1.165, 1.54) is 11.0 Å². The average Bonchev–Trinajstić information content (AvgIpc) is 2.55. The van der Waals surface area contributed by atoms with E-state index in [4.69, 9.17) is 4.74 Å². The number of anilines is 1. The number of hydrogen-bond donors (Lipinski definition) is 1. The molecule has 0 saturated carbocycles. The minimum Gasteiger partial charge on any atom is -0.389 e. The molecule has 0 aromatic heterocycles. The molecule has 24 heavy (non-hydrogen) atoms. The molecule has 0 aliphatic carbocycles. The Labute approximate surface area is 139 Å². The highest BCUT2D eigenvalue weighted by Gasteiger charge is 2.20. The van der Waals surface area contributed by atoms with Gasteiger partial charge in [-0.25, -0.2) is 4.39 Å². The van der Waals surface area contributed by atoms with Gasteiger partial charge in [0.05, 0.1) is 30.3 Å². The molecule has 1 atom stereocenters. The fourth-order valence-electron chi connectivity index (χ4n) is 2.32. The van der Waals surface area contributed by atoms with Crippen LogP contribution in [0, 0.1) is 15.9 Å². The predicted octanol–water partition coefficient (Wildman–Crippen LogP) is 2.75. The van der Waals surface area contributed by atoms with Crippen LogP contribution in [0.2, 0.25) is 0 Å². The van der Waals surface area contributed by atoms with E-state index >= 15 is 0 Å². The van der Waals surface area contributed by atoms with Crippen molar-refractivity contribution in [2.45, 2.75) is 12.7 Å². The molecule has 2 rings (SSSR count). The van der Waals surface area contributed by atoms with Crippen molar-refractivity contribution in [3.63, 3.8) is 0 Å². The van der Waals surface area contributed by atoms with E-state index in [9.17, 15) is 19.6 Å². The summed E-state index contributed by atoms with van der Waals surface area (Å²) in [5.41, 5.74) is 0.894. The Balaban J connectivity index is 1.89. The highest BCUT2D eigenvalue weighted by Crippen LogP contribution is 2.28. The summed E-state index contributed by atoms with van der Waals surface area (Å²) in [6.45, 7) is 0.591. The number of halogens is 1. The summed E-state index contributed by atoms with van der Waals surface area (Å²) in [7, 11) is 1.60. The molecule has 1 unspecified atom stereocenters.